The fourth-order valence-corrected chi connectivity index (χ4v) is 2.87. The number of benzene rings is 2. The van der Waals surface area contributed by atoms with Crippen molar-refractivity contribution in [3.8, 4) is 0 Å². The highest BCUT2D eigenvalue weighted by Gasteiger charge is 2.09. The Morgan fingerprint density at radius 1 is 1.15 bits per heavy atom. The van der Waals surface area contributed by atoms with E-state index < -0.39 is 5.97 Å². The van der Waals surface area contributed by atoms with E-state index in [2.05, 4.69) is 17.4 Å². The van der Waals surface area contributed by atoms with Gasteiger partial charge in [-0.15, -0.1) is 0 Å². The van der Waals surface area contributed by atoms with Crippen molar-refractivity contribution in [3.63, 3.8) is 0 Å². The number of halogens is 2. The van der Waals surface area contributed by atoms with E-state index in [0.717, 1.165) is 12.8 Å². The number of aryl methyl sites for hydroxylation is 1. The number of hydrogen-bond donors (Lipinski definition) is 1. The predicted molar refractivity (Wildman–Crippen MR) is 109 cm³/mol. The van der Waals surface area contributed by atoms with E-state index in [0.29, 0.717) is 15.6 Å². The minimum Gasteiger partial charge on any atom is -0.452 e. The third-order valence-corrected chi connectivity index (χ3v) is 4.39. The van der Waals surface area contributed by atoms with Gasteiger partial charge in [0.05, 0.1) is 0 Å². The van der Waals surface area contributed by atoms with Crippen molar-refractivity contribution >= 4 is 41.2 Å². The van der Waals surface area contributed by atoms with Crippen LogP contribution in [0.3, 0.4) is 0 Å². The summed E-state index contributed by atoms with van der Waals surface area (Å²) in [6, 6.07) is 15.0. The summed E-state index contributed by atoms with van der Waals surface area (Å²) in [6.07, 6.45) is 4.41. The Kier molecular flexibility index (Phi) is 8.37. The van der Waals surface area contributed by atoms with E-state index in [9.17, 15) is 9.59 Å². The van der Waals surface area contributed by atoms with Crippen LogP contribution in [0.15, 0.2) is 54.6 Å². The van der Waals surface area contributed by atoms with Crippen molar-refractivity contribution < 1.29 is 14.3 Å². The highest BCUT2D eigenvalue weighted by Crippen LogP contribution is 2.21. The first-order valence-electron chi connectivity index (χ1n) is 8.57. The average Bonchev–Trinajstić information content (AvgIpc) is 2.65. The zero-order chi connectivity index (χ0) is 19.6. The Hall–Kier alpha value is -2.30. The lowest BCUT2D eigenvalue weighted by Crippen LogP contribution is -2.36. The summed E-state index contributed by atoms with van der Waals surface area (Å²) in [5.41, 5.74) is 1.85. The summed E-state index contributed by atoms with van der Waals surface area (Å²) in [4.78, 5) is 23.6. The zero-order valence-corrected chi connectivity index (χ0v) is 16.5. The van der Waals surface area contributed by atoms with Crippen LogP contribution in [0, 0.1) is 0 Å². The maximum atomic E-state index is 11.9. The maximum Gasteiger partial charge on any atom is 0.331 e. The van der Waals surface area contributed by atoms with Crippen LogP contribution in [0.5, 0.6) is 0 Å². The van der Waals surface area contributed by atoms with Gasteiger partial charge in [-0.1, -0.05) is 59.6 Å². The second kappa shape index (κ2) is 10.8. The number of carbonyl (C=O) groups excluding carboxylic acids is 2. The van der Waals surface area contributed by atoms with Gasteiger partial charge in [0.1, 0.15) is 0 Å². The monoisotopic (exact) mass is 405 g/mol. The number of hydrogen-bond acceptors (Lipinski definition) is 3. The molecule has 4 nitrogen and oxygen atoms in total. The molecule has 0 heterocycles. The summed E-state index contributed by atoms with van der Waals surface area (Å²) >= 11 is 11.8. The Labute approximate surface area is 169 Å². The summed E-state index contributed by atoms with van der Waals surface area (Å²) in [7, 11) is 0. The molecule has 0 spiro atoms. The molecule has 1 N–H and O–H groups in total. The quantitative estimate of drug-likeness (QED) is 0.511. The number of nitrogens with one attached hydrogen (secondary N) is 1. The molecule has 0 aromatic heterocycles. The molecule has 1 unspecified atom stereocenters. The SMILES string of the molecule is CC(CCc1ccccc1)NC(=O)COC(=O)C=Cc1ccc(Cl)cc1Cl. The van der Waals surface area contributed by atoms with Gasteiger partial charge in [-0.2, -0.15) is 0 Å². The first-order valence-corrected chi connectivity index (χ1v) is 9.33. The minimum absolute atomic E-state index is 0.0141. The van der Waals surface area contributed by atoms with E-state index in [1.54, 1.807) is 18.2 Å². The van der Waals surface area contributed by atoms with Crippen LogP contribution in [0.25, 0.3) is 6.08 Å². The van der Waals surface area contributed by atoms with Crippen LogP contribution < -0.4 is 5.32 Å². The van der Waals surface area contributed by atoms with Crippen molar-refractivity contribution in [1.29, 1.82) is 0 Å². The summed E-state index contributed by atoms with van der Waals surface area (Å²) in [5, 5.41) is 3.76. The molecule has 0 aliphatic carbocycles. The number of esters is 1. The first-order chi connectivity index (χ1) is 12.9. The van der Waals surface area contributed by atoms with Crippen LogP contribution in [0.1, 0.15) is 24.5 Å². The molecule has 0 aliphatic rings. The van der Waals surface area contributed by atoms with Gasteiger partial charge in [0.2, 0.25) is 0 Å². The molecule has 0 bridgehead atoms. The number of amides is 1. The fraction of sp³-hybridized carbons (Fsp3) is 0.238. The van der Waals surface area contributed by atoms with Crippen LogP contribution in [0.4, 0.5) is 0 Å². The van der Waals surface area contributed by atoms with E-state index in [-0.39, 0.29) is 18.6 Å². The second-order valence-electron chi connectivity index (χ2n) is 6.10. The molecule has 142 valence electrons. The molecule has 6 heteroatoms. The molecular formula is C21H21Cl2NO3. The largest absolute Gasteiger partial charge is 0.452 e. The average molecular weight is 406 g/mol. The van der Waals surface area contributed by atoms with Gasteiger partial charge in [-0.3, -0.25) is 4.79 Å². The molecule has 1 amide bonds. The Balaban J connectivity index is 1.71. The van der Waals surface area contributed by atoms with Gasteiger partial charge in [-0.05, 0) is 49.1 Å². The summed E-state index contributed by atoms with van der Waals surface area (Å²) < 4.78 is 4.95. The third-order valence-electron chi connectivity index (χ3n) is 3.82. The van der Waals surface area contributed by atoms with Crippen molar-refractivity contribution in [2.45, 2.75) is 25.8 Å². The topological polar surface area (TPSA) is 55.4 Å². The third kappa shape index (κ3) is 7.85. The molecule has 2 aromatic carbocycles. The number of ether oxygens (including phenoxy) is 1. The van der Waals surface area contributed by atoms with Crippen LogP contribution >= 0.6 is 23.2 Å². The standard InChI is InChI=1S/C21H21Cl2NO3/c1-15(7-8-16-5-3-2-4-6-16)24-20(25)14-27-21(26)12-10-17-9-11-18(22)13-19(17)23/h2-6,9-13,15H,7-8,14H2,1H3,(H,24,25). The van der Waals surface area contributed by atoms with Gasteiger partial charge >= 0.3 is 5.97 Å². The molecule has 1 atom stereocenters. The fourth-order valence-electron chi connectivity index (χ4n) is 2.40. The lowest BCUT2D eigenvalue weighted by molar-refractivity contribution is -0.144. The van der Waals surface area contributed by atoms with E-state index in [1.165, 1.54) is 17.7 Å². The van der Waals surface area contributed by atoms with Gasteiger partial charge < -0.3 is 10.1 Å². The van der Waals surface area contributed by atoms with Crippen molar-refractivity contribution in [3.05, 3.63) is 75.8 Å². The van der Waals surface area contributed by atoms with Crippen LogP contribution in [-0.2, 0) is 20.7 Å². The number of carbonyl (C=O) groups is 2. The normalized spacial score (nSPS) is 12.0. The smallest absolute Gasteiger partial charge is 0.331 e. The second-order valence-corrected chi connectivity index (χ2v) is 6.94. The lowest BCUT2D eigenvalue weighted by atomic mass is 10.1. The highest BCUT2D eigenvalue weighted by molar-refractivity contribution is 6.35. The molecule has 2 aromatic rings. The zero-order valence-electron chi connectivity index (χ0n) is 15.0. The molecule has 0 aliphatic heterocycles. The minimum atomic E-state index is -0.617. The molecular weight excluding hydrogens is 385 g/mol. The maximum absolute atomic E-state index is 11.9. The molecule has 27 heavy (non-hydrogen) atoms. The van der Waals surface area contributed by atoms with Crippen molar-refractivity contribution in [2.24, 2.45) is 0 Å². The van der Waals surface area contributed by atoms with Crippen LogP contribution in [-0.4, -0.2) is 24.5 Å². The lowest BCUT2D eigenvalue weighted by Gasteiger charge is -2.13. The van der Waals surface area contributed by atoms with Gasteiger partial charge in [-0.25, -0.2) is 4.79 Å². The molecule has 2 rings (SSSR count). The molecule has 0 fully saturated rings. The van der Waals surface area contributed by atoms with E-state index >= 15 is 0 Å². The van der Waals surface area contributed by atoms with Crippen molar-refractivity contribution in [2.75, 3.05) is 6.61 Å². The Morgan fingerprint density at radius 3 is 2.59 bits per heavy atom. The van der Waals surface area contributed by atoms with Crippen molar-refractivity contribution in [1.82, 2.24) is 5.32 Å². The first kappa shape index (κ1) is 21.0. The summed E-state index contributed by atoms with van der Waals surface area (Å²) in [6.45, 7) is 1.60. The van der Waals surface area contributed by atoms with Crippen LogP contribution in [0.2, 0.25) is 10.0 Å². The summed E-state index contributed by atoms with van der Waals surface area (Å²) in [5.74, 6) is -0.949. The molecule has 0 saturated carbocycles. The van der Waals surface area contributed by atoms with Gasteiger partial charge in [0.15, 0.2) is 6.61 Å². The van der Waals surface area contributed by atoms with E-state index in [1.807, 2.05) is 25.1 Å². The molecule has 0 radical (unpaired) electrons. The highest BCUT2D eigenvalue weighted by atomic mass is 35.5. The Morgan fingerprint density at radius 2 is 1.89 bits per heavy atom. The van der Waals surface area contributed by atoms with Gasteiger partial charge in [0.25, 0.3) is 5.91 Å². The van der Waals surface area contributed by atoms with E-state index in [4.69, 9.17) is 27.9 Å². The predicted octanol–water partition coefficient (Wildman–Crippen LogP) is 4.69. The Bertz CT molecular complexity index is 806. The molecule has 0 saturated heterocycles. The number of rotatable bonds is 8. The van der Waals surface area contributed by atoms with Gasteiger partial charge in [0, 0.05) is 22.2 Å².